The zero-order valence-corrected chi connectivity index (χ0v) is 24.5. The zero-order valence-electron chi connectivity index (χ0n) is 23.7. The van der Waals surface area contributed by atoms with Crippen molar-refractivity contribution in [3.8, 4) is 17.3 Å². The number of rotatable bonds is 5. The predicted molar refractivity (Wildman–Crippen MR) is 153 cm³/mol. The fraction of sp³-hybridized carbons (Fsp3) is 0.552. The molecule has 5 heterocycles. The fourth-order valence-corrected chi connectivity index (χ4v) is 7.25. The molecule has 0 saturated carbocycles. The van der Waals surface area contributed by atoms with Gasteiger partial charge in [0, 0.05) is 31.4 Å². The topological polar surface area (TPSA) is 101 Å². The van der Waals surface area contributed by atoms with Gasteiger partial charge >= 0.3 is 12.2 Å². The lowest BCUT2D eigenvalue weighted by Crippen LogP contribution is -2.46. The molecule has 3 saturated heterocycles. The second kappa shape index (κ2) is 10.6. The Morgan fingerprint density at radius 1 is 1.16 bits per heavy atom. The number of ether oxygens (including phenoxy) is 1. The van der Waals surface area contributed by atoms with Crippen LogP contribution in [0.25, 0.3) is 22.2 Å². The van der Waals surface area contributed by atoms with E-state index < -0.39 is 46.1 Å². The number of pyridine rings is 1. The van der Waals surface area contributed by atoms with Crippen LogP contribution in [0.3, 0.4) is 0 Å². The number of anilines is 2. The molecule has 1 unspecified atom stereocenters. The number of nitrogens with zero attached hydrogens (tertiary/aromatic N) is 5. The van der Waals surface area contributed by atoms with Crippen molar-refractivity contribution in [2.45, 2.75) is 69.4 Å². The first-order valence-corrected chi connectivity index (χ1v) is 14.6. The summed E-state index contributed by atoms with van der Waals surface area (Å²) >= 11 is 6.51. The zero-order chi connectivity index (χ0) is 30.9. The van der Waals surface area contributed by atoms with Crippen molar-refractivity contribution in [1.29, 1.82) is 0 Å². The van der Waals surface area contributed by atoms with Crippen molar-refractivity contribution < 1.29 is 31.8 Å². The Bertz CT molecular complexity index is 1590. The summed E-state index contributed by atoms with van der Waals surface area (Å²) in [4.78, 5) is 16.6. The van der Waals surface area contributed by atoms with Gasteiger partial charge in [-0.05, 0) is 63.8 Å². The Morgan fingerprint density at radius 2 is 1.91 bits per heavy atom. The molecule has 6 rings (SSSR count). The van der Waals surface area contributed by atoms with Gasteiger partial charge in [-0.25, -0.2) is 13.8 Å². The third-order valence-corrected chi connectivity index (χ3v) is 9.10. The van der Waals surface area contributed by atoms with Crippen molar-refractivity contribution in [3.05, 3.63) is 34.1 Å². The molecule has 3 fully saturated rings. The lowest BCUT2D eigenvalue weighted by atomic mass is 9.94. The molecular formula is C29H32ClF5N6O2. The van der Waals surface area contributed by atoms with Crippen molar-refractivity contribution in [2.75, 3.05) is 43.4 Å². The summed E-state index contributed by atoms with van der Waals surface area (Å²) in [5, 5.41) is 10.6. The van der Waals surface area contributed by atoms with Crippen molar-refractivity contribution in [1.82, 2.24) is 19.9 Å². The van der Waals surface area contributed by atoms with Crippen molar-refractivity contribution in [3.63, 3.8) is 0 Å². The molecule has 232 valence electrons. The molecule has 3 aliphatic rings. The highest BCUT2D eigenvalue weighted by Gasteiger charge is 2.49. The number of halogens is 6. The third-order valence-electron chi connectivity index (χ3n) is 8.80. The van der Waals surface area contributed by atoms with Crippen molar-refractivity contribution in [2.24, 2.45) is 0 Å². The highest BCUT2D eigenvalue weighted by Crippen LogP contribution is 2.45. The highest BCUT2D eigenvalue weighted by atomic mass is 35.5. The van der Waals surface area contributed by atoms with E-state index in [4.69, 9.17) is 22.1 Å². The molecule has 3 aromatic rings. The molecule has 0 radical (unpaired) electrons. The Balaban J connectivity index is 1.52. The molecule has 3 atom stereocenters. The Hall–Kier alpha value is -3.03. The fourth-order valence-electron chi connectivity index (χ4n) is 6.97. The maximum absolute atomic E-state index is 16.5. The van der Waals surface area contributed by atoms with Crippen LogP contribution in [0.1, 0.15) is 50.2 Å². The standard InChI is InChI=1S/C29H32ClF5N6O2/c1-15-9-19(36)37-24(21(15)29(33,34)35)20-18(30)10-17-23(22(20)32)38-26(39-25(17)40-7-3-5-27(2,42)13-40)43-14-28-6-4-8-41(28)12-16(31)11-28/h9-10,16,42H,3-8,11-14H2,1-2H3,(H2,36,37)/t16-,27?,28+/m1/s1. The molecule has 0 spiro atoms. The van der Waals surface area contributed by atoms with E-state index in [1.54, 1.807) is 11.8 Å². The molecule has 1 aromatic carbocycles. The minimum atomic E-state index is -4.88. The van der Waals surface area contributed by atoms with Gasteiger partial charge in [0.25, 0.3) is 0 Å². The summed E-state index contributed by atoms with van der Waals surface area (Å²) in [6, 6.07) is 2.15. The van der Waals surface area contributed by atoms with Crippen LogP contribution >= 0.6 is 11.6 Å². The molecule has 3 aliphatic heterocycles. The van der Waals surface area contributed by atoms with E-state index in [0.717, 1.165) is 25.5 Å². The maximum Gasteiger partial charge on any atom is 0.418 e. The average Bonchev–Trinajstić information content (AvgIpc) is 3.41. The number of piperidine rings is 1. The third kappa shape index (κ3) is 5.44. The first kappa shape index (κ1) is 30.0. The summed E-state index contributed by atoms with van der Waals surface area (Å²) in [6.45, 7) is 4.63. The normalized spacial score (nSPS) is 26.3. The van der Waals surface area contributed by atoms with Gasteiger partial charge in [0.1, 0.15) is 29.9 Å². The second-order valence-corrected chi connectivity index (χ2v) is 12.7. The van der Waals surface area contributed by atoms with Gasteiger partial charge in [0.2, 0.25) is 0 Å². The lowest BCUT2D eigenvalue weighted by molar-refractivity contribution is -0.137. The van der Waals surface area contributed by atoms with Crippen LogP contribution in [0.5, 0.6) is 6.01 Å². The van der Waals surface area contributed by atoms with Crippen LogP contribution < -0.4 is 15.4 Å². The molecule has 0 amide bonds. The average molecular weight is 627 g/mol. The summed E-state index contributed by atoms with van der Waals surface area (Å²) in [5.41, 5.74) is 1.11. The summed E-state index contributed by atoms with van der Waals surface area (Å²) < 4.78 is 79.5. The number of hydrogen-bond donors (Lipinski definition) is 2. The van der Waals surface area contributed by atoms with Gasteiger partial charge < -0.3 is 20.5 Å². The first-order chi connectivity index (χ1) is 20.2. The van der Waals surface area contributed by atoms with Gasteiger partial charge in [-0.15, -0.1) is 0 Å². The molecule has 0 aliphatic carbocycles. The number of hydrogen-bond acceptors (Lipinski definition) is 8. The van der Waals surface area contributed by atoms with Crippen LogP contribution in [-0.4, -0.2) is 75.1 Å². The van der Waals surface area contributed by atoms with Gasteiger partial charge in [0.15, 0.2) is 5.82 Å². The number of nitrogen functional groups attached to an aromatic ring is 1. The molecular weight excluding hydrogens is 595 g/mol. The molecule has 2 aromatic heterocycles. The molecule has 14 heteroatoms. The summed E-state index contributed by atoms with van der Waals surface area (Å²) in [7, 11) is 0. The van der Waals surface area contributed by atoms with Crippen LogP contribution in [0.2, 0.25) is 5.02 Å². The van der Waals surface area contributed by atoms with E-state index >= 15 is 4.39 Å². The molecule has 8 nitrogen and oxygen atoms in total. The minimum absolute atomic E-state index is 0.0618. The van der Waals surface area contributed by atoms with E-state index in [0.29, 0.717) is 25.9 Å². The van der Waals surface area contributed by atoms with E-state index in [1.165, 1.54) is 13.0 Å². The quantitative estimate of drug-likeness (QED) is 0.348. The second-order valence-electron chi connectivity index (χ2n) is 12.2. The van der Waals surface area contributed by atoms with E-state index in [2.05, 4.69) is 15.0 Å². The molecule has 43 heavy (non-hydrogen) atoms. The van der Waals surface area contributed by atoms with Gasteiger partial charge in [-0.1, -0.05) is 11.6 Å². The summed E-state index contributed by atoms with van der Waals surface area (Å²) in [5.74, 6) is -1.16. The SMILES string of the molecule is Cc1cc(N)nc(-c2c(Cl)cc3c(N4CCCC(C)(O)C4)nc(OC[C@@]45CCCN4C[C@H](F)C5)nc3c2F)c1C(F)(F)F. The maximum atomic E-state index is 16.5. The number of alkyl halides is 4. The highest BCUT2D eigenvalue weighted by molar-refractivity contribution is 6.34. The van der Waals surface area contributed by atoms with E-state index in [9.17, 15) is 22.7 Å². The number of aliphatic hydroxyl groups is 1. The Morgan fingerprint density at radius 3 is 2.63 bits per heavy atom. The largest absolute Gasteiger partial charge is 0.461 e. The predicted octanol–water partition coefficient (Wildman–Crippen LogP) is 5.70. The van der Waals surface area contributed by atoms with Crippen LogP contribution in [0.15, 0.2) is 12.1 Å². The number of aromatic nitrogens is 3. The van der Waals surface area contributed by atoms with E-state index in [-0.39, 0.29) is 58.7 Å². The number of β-amino-alcohol motifs (C(OH)–C–C–N with tert-alkyl or cyclic N) is 1. The van der Waals surface area contributed by atoms with E-state index in [1.807, 2.05) is 4.90 Å². The number of aryl methyl sites for hydroxylation is 1. The Kier molecular flexibility index (Phi) is 7.37. The number of fused-ring (bicyclic) bond motifs is 2. The summed E-state index contributed by atoms with van der Waals surface area (Å²) in [6.07, 6.45) is -2.83. The lowest BCUT2D eigenvalue weighted by Gasteiger charge is -2.38. The number of benzene rings is 1. The van der Waals surface area contributed by atoms with Crippen molar-refractivity contribution >= 4 is 34.1 Å². The van der Waals surface area contributed by atoms with Gasteiger partial charge in [-0.2, -0.15) is 23.1 Å². The number of nitrogens with two attached hydrogens (primary N) is 1. The van der Waals surface area contributed by atoms with Crippen LogP contribution in [0.4, 0.5) is 33.6 Å². The van der Waals surface area contributed by atoms with Gasteiger partial charge in [-0.3, -0.25) is 4.90 Å². The van der Waals surface area contributed by atoms with Crippen LogP contribution in [0, 0.1) is 12.7 Å². The molecule has 0 bridgehead atoms. The molecule has 3 N–H and O–H groups in total. The van der Waals surface area contributed by atoms with Gasteiger partial charge in [0.05, 0.1) is 33.0 Å². The first-order valence-electron chi connectivity index (χ1n) is 14.2. The van der Waals surface area contributed by atoms with Crippen LogP contribution in [-0.2, 0) is 6.18 Å². The monoisotopic (exact) mass is 626 g/mol. The Labute approximate surface area is 250 Å². The smallest absolute Gasteiger partial charge is 0.418 e. The minimum Gasteiger partial charge on any atom is -0.461 e.